The molecule has 1 aromatic rings. The van der Waals surface area contributed by atoms with Crippen LogP contribution < -0.4 is 0 Å². The van der Waals surface area contributed by atoms with Crippen LogP contribution in [0.2, 0.25) is 0 Å². The standard InChI is InChI=1S/C26H40O5/c1-21(14-10-7-5-6-8-11-15-23-16-12-9-13-17-23)18-25(3)19-22(2)26(28,31-30-25)20-24(27)29-4/h9,11-13,15-17,21-22,28H,5-8,10,14,18-20H2,1-4H3/b15-11+/t21?,22-,25+,26+/m1/s1. The van der Waals surface area contributed by atoms with E-state index in [1.807, 2.05) is 19.9 Å². The fraction of sp³-hybridized carbons (Fsp3) is 0.654. The van der Waals surface area contributed by atoms with E-state index in [9.17, 15) is 9.90 Å². The first-order valence-corrected chi connectivity index (χ1v) is 11.6. The average molecular weight is 433 g/mol. The van der Waals surface area contributed by atoms with Crippen molar-refractivity contribution in [3.8, 4) is 0 Å². The Hall–Kier alpha value is -1.69. The van der Waals surface area contributed by atoms with Crippen molar-refractivity contribution in [1.82, 2.24) is 0 Å². The largest absolute Gasteiger partial charge is 0.469 e. The SMILES string of the molecule is COC(=O)C[C@]1(O)OO[C@@](C)(CC(C)CCCCCC/C=C/c2ccccc2)C[C@H]1C. The maximum atomic E-state index is 11.5. The molecule has 1 heterocycles. The van der Waals surface area contributed by atoms with Gasteiger partial charge in [0.05, 0.1) is 7.11 Å². The van der Waals surface area contributed by atoms with Crippen LogP contribution >= 0.6 is 0 Å². The van der Waals surface area contributed by atoms with Gasteiger partial charge in [0.1, 0.15) is 12.0 Å². The zero-order valence-electron chi connectivity index (χ0n) is 19.6. The third-order valence-electron chi connectivity index (χ3n) is 6.23. The molecule has 0 radical (unpaired) electrons. The van der Waals surface area contributed by atoms with Crippen LogP contribution in [0.5, 0.6) is 0 Å². The van der Waals surface area contributed by atoms with Gasteiger partial charge < -0.3 is 9.84 Å². The second-order valence-electron chi connectivity index (χ2n) is 9.43. The lowest BCUT2D eigenvalue weighted by Crippen LogP contribution is -2.52. The van der Waals surface area contributed by atoms with Gasteiger partial charge in [-0.05, 0) is 44.1 Å². The lowest BCUT2D eigenvalue weighted by atomic mass is 9.79. The highest BCUT2D eigenvalue weighted by atomic mass is 17.2. The Morgan fingerprint density at radius 1 is 1.23 bits per heavy atom. The summed E-state index contributed by atoms with van der Waals surface area (Å²) in [6.07, 6.45) is 12.9. The molecule has 174 valence electrons. The van der Waals surface area contributed by atoms with Crippen LogP contribution in [0, 0.1) is 11.8 Å². The molecule has 1 saturated heterocycles. The Balaban J connectivity index is 1.61. The minimum atomic E-state index is -1.62. The topological polar surface area (TPSA) is 65.0 Å². The molecule has 1 aliphatic rings. The second-order valence-corrected chi connectivity index (χ2v) is 9.43. The fourth-order valence-electron chi connectivity index (χ4n) is 4.43. The van der Waals surface area contributed by atoms with Crippen LogP contribution in [0.25, 0.3) is 6.08 Å². The summed E-state index contributed by atoms with van der Waals surface area (Å²) in [6.45, 7) is 6.16. The van der Waals surface area contributed by atoms with Crippen molar-refractivity contribution < 1.29 is 24.4 Å². The van der Waals surface area contributed by atoms with Gasteiger partial charge in [0.25, 0.3) is 0 Å². The number of unbranched alkanes of at least 4 members (excludes halogenated alkanes) is 4. The molecule has 0 amide bonds. The van der Waals surface area contributed by atoms with Gasteiger partial charge in [0.15, 0.2) is 0 Å². The Morgan fingerprint density at radius 3 is 2.61 bits per heavy atom. The lowest BCUT2D eigenvalue weighted by molar-refractivity contribution is -0.497. The second kappa shape index (κ2) is 12.4. The summed E-state index contributed by atoms with van der Waals surface area (Å²) >= 11 is 0. The number of esters is 1. The van der Waals surface area contributed by atoms with Crippen molar-refractivity contribution in [1.29, 1.82) is 0 Å². The van der Waals surface area contributed by atoms with E-state index in [2.05, 4.69) is 48.1 Å². The molecule has 1 unspecified atom stereocenters. The first-order chi connectivity index (χ1) is 14.8. The number of allylic oxidation sites excluding steroid dienone is 1. The number of benzene rings is 1. The molecule has 1 N–H and O–H groups in total. The van der Waals surface area contributed by atoms with Gasteiger partial charge in [-0.3, -0.25) is 4.79 Å². The first-order valence-electron chi connectivity index (χ1n) is 11.6. The van der Waals surface area contributed by atoms with E-state index in [-0.39, 0.29) is 12.3 Å². The molecule has 0 spiro atoms. The summed E-state index contributed by atoms with van der Waals surface area (Å²) in [5.74, 6) is -1.84. The summed E-state index contributed by atoms with van der Waals surface area (Å²) < 4.78 is 4.65. The number of ether oxygens (including phenoxy) is 1. The molecule has 2 rings (SSSR count). The highest BCUT2D eigenvalue weighted by molar-refractivity contribution is 5.70. The van der Waals surface area contributed by atoms with E-state index in [1.165, 1.54) is 38.4 Å². The predicted octanol–water partition coefficient (Wildman–Crippen LogP) is 6.07. The van der Waals surface area contributed by atoms with Crippen molar-refractivity contribution >= 4 is 12.0 Å². The Morgan fingerprint density at radius 2 is 1.94 bits per heavy atom. The number of rotatable bonds is 12. The molecular formula is C26H40O5. The van der Waals surface area contributed by atoms with Crippen LogP contribution in [-0.4, -0.2) is 29.6 Å². The van der Waals surface area contributed by atoms with Gasteiger partial charge in [0.2, 0.25) is 5.79 Å². The molecule has 31 heavy (non-hydrogen) atoms. The third-order valence-corrected chi connectivity index (χ3v) is 6.23. The molecular weight excluding hydrogens is 392 g/mol. The number of carbonyl (C=O) groups excluding carboxylic acids is 1. The summed E-state index contributed by atoms with van der Waals surface area (Å²) in [6, 6.07) is 10.4. The Kier molecular flexibility index (Phi) is 10.2. The van der Waals surface area contributed by atoms with E-state index in [1.54, 1.807) is 0 Å². The van der Waals surface area contributed by atoms with E-state index in [0.717, 1.165) is 19.3 Å². The molecule has 1 fully saturated rings. The average Bonchev–Trinajstić information content (AvgIpc) is 2.74. The normalized spacial score (nSPS) is 27.3. The first kappa shape index (κ1) is 25.6. The minimum absolute atomic E-state index is 0.221. The summed E-state index contributed by atoms with van der Waals surface area (Å²) in [5, 5.41) is 10.6. The molecule has 5 nitrogen and oxygen atoms in total. The van der Waals surface area contributed by atoms with Crippen LogP contribution in [0.3, 0.4) is 0 Å². The van der Waals surface area contributed by atoms with E-state index >= 15 is 0 Å². The molecule has 1 aliphatic heterocycles. The molecule has 0 aromatic heterocycles. The summed E-state index contributed by atoms with van der Waals surface area (Å²) in [5.41, 5.74) is 0.806. The van der Waals surface area contributed by atoms with E-state index < -0.39 is 17.4 Å². The Bertz CT molecular complexity index is 688. The van der Waals surface area contributed by atoms with Crippen molar-refractivity contribution in [2.75, 3.05) is 7.11 Å². The van der Waals surface area contributed by atoms with Crippen LogP contribution in [0.4, 0.5) is 0 Å². The molecule has 1 aromatic carbocycles. The van der Waals surface area contributed by atoms with Gasteiger partial charge in [0, 0.05) is 5.92 Å². The zero-order valence-corrected chi connectivity index (χ0v) is 19.6. The zero-order chi connectivity index (χ0) is 22.7. The molecule has 4 atom stereocenters. The van der Waals surface area contributed by atoms with Crippen molar-refractivity contribution in [2.45, 2.75) is 89.9 Å². The van der Waals surface area contributed by atoms with Crippen LogP contribution in [0.15, 0.2) is 36.4 Å². The molecule has 5 heteroatoms. The monoisotopic (exact) mass is 432 g/mol. The minimum Gasteiger partial charge on any atom is -0.469 e. The quantitative estimate of drug-likeness (QED) is 0.247. The number of hydrogen-bond donors (Lipinski definition) is 1. The van der Waals surface area contributed by atoms with Gasteiger partial charge in [-0.1, -0.05) is 82.0 Å². The fourth-order valence-corrected chi connectivity index (χ4v) is 4.43. The number of carbonyl (C=O) groups is 1. The number of methoxy groups -OCH3 is 1. The number of aliphatic hydroxyl groups is 1. The lowest BCUT2D eigenvalue weighted by Gasteiger charge is -2.45. The summed E-state index contributed by atoms with van der Waals surface area (Å²) in [7, 11) is 1.30. The van der Waals surface area contributed by atoms with E-state index in [4.69, 9.17) is 9.78 Å². The predicted molar refractivity (Wildman–Crippen MR) is 123 cm³/mol. The van der Waals surface area contributed by atoms with Crippen molar-refractivity contribution in [3.63, 3.8) is 0 Å². The molecule has 0 bridgehead atoms. The Labute approximate surface area is 187 Å². The van der Waals surface area contributed by atoms with Gasteiger partial charge in [-0.15, -0.1) is 0 Å². The van der Waals surface area contributed by atoms with Crippen molar-refractivity contribution in [2.24, 2.45) is 11.8 Å². The third kappa shape index (κ3) is 8.76. The number of hydrogen-bond acceptors (Lipinski definition) is 5. The maximum absolute atomic E-state index is 11.5. The summed E-state index contributed by atoms with van der Waals surface area (Å²) in [4.78, 5) is 22.5. The van der Waals surface area contributed by atoms with Gasteiger partial charge in [-0.25, -0.2) is 4.89 Å². The van der Waals surface area contributed by atoms with Gasteiger partial charge >= 0.3 is 5.97 Å². The maximum Gasteiger partial charge on any atom is 0.311 e. The smallest absolute Gasteiger partial charge is 0.311 e. The van der Waals surface area contributed by atoms with Gasteiger partial charge in [-0.2, -0.15) is 4.89 Å². The molecule has 0 aliphatic carbocycles. The van der Waals surface area contributed by atoms with E-state index in [0.29, 0.717) is 12.3 Å². The molecule has 0 saturated carbocycles. The van der Waals surface area contributed by atoms with Crippen molar-refractivity contribution in [3.05, 3.63) is 42.0 Å². The van der Waals surface area contributed by atoms with Crippen LogP contribution in [0.1, 0.15) is 84.1 Å². The highest BCUT2D eigenvalue weighted by Crippen LogP contribution is 2.41. The highest BCUT2D eigenvalue weighted by Gasteiger charge is 2.49. The van der Waals surface area contributed by atoms with Crippen LogP contribution in [-0.2, 0) is 19.3 Å².